The monoisotopic (exact) mass is 518 g/mol. The third-order valence-corrected chi connectivity index (χ3v) is 4.97. The van der Waals surface area contributed by atoms with Crippen LogP contribution in [-0.2, 0) is 41.6 Å². The maximum Gasteiger partial charge on any atom is 0.326 e. The van der Waals surface area contributed by atoms with Gasteiger partial charge >= 0.3 is 11.9 Å². The van der Waals surface area contributed by atoms with Crippen LogP contribution in [0.2, 0.25) is 0 Å². The number of nitrogens with zero attached hydrogens (tertiary/aromatic N) is 1. The van der Waals surface area contributed by atoms with Gasteiger partial charge in [-0.15, -0.1) is 0 Å². The van der Waals surface area contributed by atoms with Crippen LogP contribution < -0.4 is 14.8 Å². The van der Waals surface area contributed by atoms with Gasteiger partial charge in [0, 0.05) is 18.7 Å². The zero-order valence-electron chi connectivity index (χ0n) is 22.3. The minimum atomic E-state index is -0.880. The molecule has 10 nitrogen and oxygen atoms in total. The molecule has 0 spiro atoms. The Morgan fingerprint density at radius 3 is 2.51 bits per heavy atom. The molecule has 1 aromatic heterocycles. The van der Waals surface area contributed by atoms with Gasteiger partial charge < -0.3 is 28.4 Å². The molecule has 0 aliphatic rings. The second-order valence-corrected chi connectivity index (χ2v) is 8.98. The van der Waals surface area contributed by atoms with E-state index in [9.17, 15) is 9.59 Å². The number of nitrogens with one attached hydrogen (secondary N) is 1. The van der Waals surface area contributed by atoms with Gasteiger partial charge in [0.2, 0.25) is 0 Å². The first-order valence-electron chi connectivity index (χ1n) is 12.2. The van der Waals surface area contributed by atoms with E-state index >= 15 is 0 Å². The molecule has 0 fully saturated rings. The highest BCUT2D eigenvalue weighted by Gasteiger charge is 2.22. The van der Waals surface area contributed by atoms with Crippen molar-refractivity contribution in [1.29, 1.82) is 0 Å². The summed E-state index contributed by atoms with van der Waals surface area (Å²) < 4.78 is 32.8. The Bertz CT molecular complexity index is 963. The Morgan fingerprint density at radius 1 is 1.08 bits per heavy atom. The second kappa shape index (κ2) is 15.8. The minimum Gasteiger partial charge on any atom is -0.493 e. The number of ether oxygens (including phenoxy) is 6. The van der Waals surface area contributed by atoms with E-state index in [0.717, 1.165) is 5.56 Å². The zero-order valence-corrected chi connectivity index (χ0v) is 22.3. The molecule has 0 radical (unpaired) electrons. The summed E-state index contributed by atoms with van der Waals surface area (Å²) in [5.74, 6) is -0.0417. The van der Waals surface area contributed by atoms with Crippen molar-refractivity contribution in [3.8, 4) is 11.5 Å². The van der Waals surface area contributed by atoms with Crippen LogP contribution in [0.1, 0.15) is 45.4 Å². The number of carbonyl (C=O) groups excluding carboxylic acids is 2. The lowest BCUT2D eigenvalue weighted by atomic mass is 10.1. The smallest absolute Gasteiger partial charge is 0.326 e. The first-order chi connectivity index (χ1) is 17.7. The van der Waals surface area contributed by atoms with Crippen LogP contribution in [0.3, 0.4) is 0 Å². The molecule has 1 N–H and O–H groups in total. The third-order valence-electron chi connectivity index (χ3n) is 4.97. The molecule has 0 aliphatic heterocycles. The van der Waals surface area contributed by atoms with E-state index in [1.807, 2.05) is 51.1 Å². The number of pyridine rings is 1. The van der Waals surface area contributed by atoms with Crippen LogP contribution >= 0.6 is 0 Å². The fourth-order valence-electron chi connectivity index (χ4n) is 3.05. The van der Waals surface area contributed by atoms with Crippen molar-refractivity contribution in [2.45, 2.75) is 58.8 Å². The lowest BCUT2D eigenvalue weighted by Gasteiger charge is -2.21. The van der Waals surface area contributed by atoms with Crippen LogP contribution in [0.4, 0.5) is 0 Å². The Labute approximate surface area is 218 Å². The first-order valence-corrected chi connectivity index (χ1v) is 12.2. The molecule has 0 unspecified atom stereocenters. The average molecular weight is 519 g/mol. The Hall–Kier alpha value is -3.21. The molecule has 2 aromatic rings. The molecule has 2 rings (SSSR count). The fraction of sp³-hybridized carbons (Fsp3) is 0.519. The van der Waals surface area contributed by atoms with E-state index in [-0.39, 0.29) is 45.4 Å². The van der Waals surface area contributed by atoms with Crippen molar-refractivity contribution in [2.75, 3.05) is 33.8 Å². The van der Waals surface area contributed by atoms with Crippen LogP contribution in [-0.4, -0.2) is 62.4 Å². The zero-order chi connectivity index (χ0) is 27.1. The van der Waals surface area contributed by atoms with Crippen molar-refractivity contribution < 1.29 is 38.0 Å². The summed E-state index contributed by atoms with van der Waals surface area (Å²) >= 11 is 0. The molecule has 37 heavy (non-hydrogen) atoms. The normalized spacial score (nSPS) is 12.0. The fourth-order valence-corrected chi connectivity index (χ4v) is 3.05. The molecular weight excluding hydrogens is 480 g/mol. The van der Waals surface area contributed by atoms with Crippen molar-refractivity contribution in [2.24, 2.45) is 0 Å². The third kappa shape index (κ3) is 11.6. The number of hydrogen-bond acceptors (Lipinski definition) is 10. The summed E-state index contributed by atoms with van der Waals surface area (Å²) in [6, 6.07) is 10.4. The summed E-state index contributed by atoms with van der Waals surface area (Å²) in [6.07, 6.45) is 2.34. The molecular formula is C27H38N2O8. The molecule has 1 aromatic carbocycles. The van der Waals surface area contributed by atoms with Crippen LogP contribution in [0, 0.1) is 0 Å². The van der Waals surface area contributed by atoms with Gasteiger partial charge in [0.1, 0.15) is 18.3 Å². The Balaban J connectivity index is 1.87. The maximum atomic E-state index is 12.3. The summed E-state index contributed by atoms with van der Waals surface area (Å²) in [7, 11) is 1.53. The molecule has 1 atom stereocenters. The summed E-state index contributed by atoms with van der Waals surface area (Å²) in [5.41, 5.74) is 1.16. The summed E-state index contributed by atoms with van der Waals surface area (Å²) in [6.45, 7) is 7.56. The molecule has 0 amide bonds. The van der Waals surface area contributed by atoms with Crippen molar-refractivity contribution >= 4 is 11.9 Å². The number of hydrogen-bond donors (Lipinski definition) is 1. The van der Waals surface area contributed by atoms with E-state index in [4.69, 9.17) is 28.4 Å². The Kier molecular flexibility index (Phi) is 12.8. The number of methoxy groups -OCH3 is 1. The Morgan fingerprint density at radius 2 is 1.84 bits per heavy atom. The van der Waals surface area contributed by atoms with Crippen molar-refractivity contribution in [3.63, 3.8) is 0 Å². The maximum absolute atomic E-state index is 12.3. The summed E-state index contributed by atoms with van der Waals surface area (Å²) in [4.78, 5) is 28.8. The van der Waals surface area contributed by atoms with Gasteiger partial charge in [-0.2, -0.15) is 0 Å². The van der Waals surface area contributed by atoms with Crippen LogP contribution in [0.15, 0.2) is 42.6 Å². The number of aromatic nitrogens is 1. The number of aryl methyl sites for hydroxylation is 1. The van der Waals surface area contributed by atoms with E-state index < -0.39 is 18.0 Å². The summed E-state index contributed by atoms with van der Waals surface area (Å²) in [5, 5.41) is 2.92. The van der Waals surface area contributed by atoms with E-state index in [1.165, 1.54) is 7.11 Å². The number of rotatable bonds is 16. The molecule has 204 valence electrons. The van der Waals surface area contributed by atoms with Crippen LogP contribution in [0.25, 0.3) is 0 Å². The van der Waals surface area contributed by atoms with Gasteiger partial charge in [-0.3, -0.25) is 19.9 Å². The van der Waals surface area contributed by atoms with Crippen molar-refractivity contribution in [1.82, 2.24) is 10.3 Å². The van der Waals surface area contributed by atoms with Crippen molar-refractivity contribution in [3.05, 3.63) is 53.9 Å². The number of benzene rings is 1. The molecule has 0 saturated carbocycles. The molecule has 0 saturated heterocycles. The lowest BCUT2D eigenvalue weighted by Crippen LogP contribution is -2.43. The highest BCUT2D eigenvalue weighted by Crippen LogP contribution is 2.30. The second-order valence-electron chi connectivity index (χ2n) is 8.98. The molecule has 0 aliphatic carbocycles. The van der Waals surface area contributed by atoms with Gasteiger partial charge in [-0.1, -0.05) is 30.3 Å². The standard InChI is InChI=1S/C27H38N2O8/c1-6-34-26(31)22(17-35-24(30)13-12-20-10-8-7-9-11-20)29-18-33-16-21-25(23(32-5)14-15-28-21)36-19-37-27(2,3)4/h7-11,14-15,22,29H,6,12-13,16-19H2,1-5H3/t22-/m0/s1. The predicted molar refractivity (Wildman–Crippen MR) is 136 cm³/mol. The first kappa shape index (κ1) is 30.0. The van der Waals surface area contributed by atoms with Gasteiger partial charge in [0.05, 0.1) is 32.7 Å². The van der Waals surface area contributed by atoms with Crippen LogP contribution in [0.5, 0.6) is 11.5 Å². The van der Waals surface area contributed by atoms with E-state index in [0.29, 0.717) is 23.6 Å². The van der Waals surface area contributed by atoms with Gasteiger partial charge in [0.15, 0.2) is 18.3 Å². The number of carbonyl (C=O) groups is 2. The average Bonchev–Trinajstić information content (AvgIpc) is 2.87. The lowest BCUT2D eigenvalue weighted by molar-refractivity contribution is -0.152. The molecule has 1 heterocycles. The highest BCUT2D eigenvalue weighted by atomic mass is 16.7. The van der Waals surface area contributed by atoms with Gasteiger partial charge in [-0.25, -0.2) is 0 Å². The number of esters is 2. The quantitative estimate of drug-likeness (QED) is 0.201. The van der Waals surface area contributed by atoms with Gasteiger partial charge in [-0.05, 0) is 39.7 Å². The molecule has 0 bridgehead atoms. The highest BCUT2D eigenvalue weighted by molar-refractivity contribution is 5.77. The largest absolute Gasteiger partial charge is 0.493 e. The van der Waals surface area contributed by atoms with E-state index in [2.05, 4.69) is 10.3 Å². The molecule has 10 heteroatoms. The SMILES string of the molecule is CCOC(=O)[C@H](COC(=O)CCc1ccccc1)NCOCc1nccc(OC)c1OCOC(C)(C)C. The van der Waals surface area contributed by atoms with E-state index in [1.54, 1.807) is 19.2 Å². The topological polar surface area (TPSA) is 114 Å². The predicted octanol–water partition coefficient (Wildman–Crippen LogP) is 3.41. The van der Waals surface area contributed by atoms with Gasteiger partial charge in [0.25, 0.3) is 0 Å². The minimum absolute atomic E-state index is 0.0113.